The Kier molecular flexibility index (Phi) is 2.61. The highest BCUT2D eigenvalue weighted by Gasteiger charge is 2.40. The van der Waals surface area contributed by atoms with E-state index in [0.717, 1.165) is 19.4 Å². The molecule has 0 bridgehead atoms. The molecule has 0 spiro atoms. The summed E-state index contributed by atoms with van der Waals surface area (Å²) in [6.45, 7) is 2.28. The second kappa shape index (κ2) is 3.58. The monoisotopic (exact) mass is 183 g/mol. The van der Waals surface area contributed by atoms with Gasteiger partial charge in [-0.05, 0) is 32.9 Å². The number of aliphatic hydroxyl groups is 1. The number of rotatable bonds is 1. The first-order valence-electron chi connectivity index (χ1n) is 5.62. The number of nitrogens with zero attached hydrogens (tertiary/aromatic N) is 1. The van der Waals surface area contributed by atoms with E-state index < -0.39 is 0 Å². The molecule has 1 aliphatic carbocycles. The van der Waals surface area contributed by atoms with Gasteiger partial charge in [-0.3, -0.25) is 0 Å². The van der Waals surface area contributed by atoms with Crippen LogP contribution in [0.25, 0.3) is 0 Å². The molecule has 2 rings (SSSR count). The summed E-state index contributed by atoms with van der Waals surface area (Å²) in [5, 5.41) is 10.5. The Morgan fingerprint density at radius 3 is 2.46 bits per heavy atom. The fourth-order valence-corrected chi connectivity index (χ4v) is 2.95. The Balaban J connectivity index is 1.97. The van der Waals surface area contributed by atoms with Crippen molar-refractivity contribution in [1.82, 2.24) is 4.90 Å². The third-order valence-electron chi connectivity index (χ3n) is 3.87. The van der Waals surface area contributed by atoms with Crippen LogP contribution in [0, 0.1) is 5.92 Å². The molecule has 2 nitrogen and oxygen atoms in total. The average Bonchev–Trinajstić information content (AvgIpc) is 2.54. The van der Waals surface area contributed by atoms with Crippen LogP contribution in [0.5, 0.6) is 0 Å². The van der Waals surface area contributed by atoms with Gasteiger partial charge in [0.2, 0.25) is 0 Å². The zero-order valence-corrected chi connectivity index (χ0v) is 8.63. The van der Waals surface area contributed by atoms with Crippen molar-refractivity contribution in [3.05, 3.63) is 0 Å². The van der Waals surface area contributed by atoms with E-state index in [-0.39, 0.29) is 5.60 Å². The molecule has 0 aromatic heterocycles. The lowest BCUT2D eigenvalue weighted by Gasteiger charge is -2.37. The van der Waals surface area contributed by atoms with E-state index in [1.54, 1.807) is 0 Å². The first-order valence-corrected chi connectivity index (χ1v) is 5.62. The molecule has 1 unspecified atom stereocenters. The van der Waals surface area contributed by atoms with Gasteiger partial charge in [-0.1, -0.05) is 19.3 Å². The summed E-state index contributed by atoms with van der Waals surface area (Å²) in [6, 6.07) is 0. The Labute approximate surface area is 80.9 Å². The highest BCUT2D eigenvalue weighted by atomic mass is 16.3. The Bertz CT molecular complexity index is 175. The highest BCUT2D eigenvalue weighted by Crippen LogP contribution is 2.38. The molecule has 0 aromatic rings. The van der Waals surface area contributed by atoms with Crippen molar-refractivity contribution in [3.63, 3.8) is 0 Å². The van der Waals surface area contributed by atoms with E-state index in [1.807, 2.05) is 0 Å². The molecule has 1 saturated heterocycles. The first kappa shape index (κ1) is 9.47. The van der Waals surface area contributed by atoms with Gasteiger partial charge in [0.15, 0.2) is 0 Å². The summed E-state index contributed by atoms with van der Waals surface area (Å²) >= 11 is 0. The number of hydrogen-bond donors (Lipinski definition) is 1. The molecular formula is C11H21NO. The predicted molar refractivity (Wildman–Crippen MR) is 53.6 cm³/mol. The van der Waals surface area contributed by atoms with Gasteiger partial charge >= 0.3 is 0 Å². The van der Waals surface area contributed by atoms with E-state index in [9.17, 15) is 5.11 Å². The molecule has 1 saturated carbocycles. The summed E-state index contributed by atoms with van der Waals surface area (Å²) in [6.07, 6.45) is 7.09. The lowest BCUT2D eigenvalue weighted by molar-refractivity contribution is -0.0449. The van der Waals surface area contributed by atoms with Gasteiger partial charge in [0, 0.05) is 12.5 Å². The van der Waals surface area contributed by atoms with E-state index >= 15 is 0 Å². The van der Waals surface area contributed by atoms with Gasteiger partial charge in [-0.2, -0.15) is 0 Å². The van der Waals surface area contributed by atoms with E-state index in [1.165, 1.54) is 32.2 Å². The van der Waals surface area contributed by atoms with Crippen molar-refractivity contribution in [2.45, 2.75) is 44.1 Å². The van der Waals surface area contributed by atoms with Crippen LogP contribution >= 0.6 is 0 Å². The van der Waals surface area contributed by atoms with Gasteiger partial charge in [-0.25, -0.2) is 0 Å². The summed E-state index contributed by atoms with van der Waals surface area (Å²) in [7, 11) is 2.16. The van der Waals surface area contributed by atoms with Gasteiger partial charge in [0.1, 0.15) is 0 Å². The predicted octanol–water partition coefficient (Wildman–Crippen LogP) is 1.63. The van der Waals surface area contributed by atoms with Crippen LogP contribution in [0.15, 0.2) is 0 Å². The molecule has 0 amide bonds. The van der Waals surface area contributed by atoms with Crippen LogP contribution in [0.3, 0.4) is 0 Å². The molecule has 1 heterocycles. The highest BCUT2D eigenvalue weighted by molar-refractivity contribution is 4.93. The van der Waals surface area contributed by atoms with Crippen LogP contribution in [-0.4, -0.2) is 35.7 Å². The molecule has 2 fully saturated rings. The first-order chi connectivity index (χ1) is 6.21. The second-order valence-corrected chi connectivity index (χ2v) is 4.91. The van der Waals surface area contributed by atoms with Gasteiger partial charge in [-0.15, -0.1) is 0 Å². The molecule has 1 N–H and O–H groups in total. The number of likely N-dealkylation sites (tertiary alicyclic amines) is 1. The van der Waals surface area contributed by atoms with Crippen molar-refractivity contribution in [2.24, 2.45) is 5.92 Å². The van der Waals surface area contributed by atoms with Crippen LogP contribution in [0.2, 0.25) is 0 Å². The van der Waals surface area contributed by atoms with Crippen LogP contribution in [-0.2, 0) is 0 Å². The molecule has 1 atom stereocenters. The van der Waals surface area contributed by atoms with Crippen LogP contribution < -0.4 is 0 Å². The minimum absolute atomic E-state index is 0.303. The number of hydrogen-bond acceptors (Lipinski definition) is 2. The summed E-state index contributed by atoms with van der Waals surface area (Å²) < 4.78 is 0. The second-order valence-electron chi connectivity index (χ2n) is 4.91. The third-order valence-corrected chi connectivity index (χ3v) is 3.87. The normalized spacial score (nSPS) is 35.1. The molecule has 1 aliphatic heterocycles. The quantitative estimate of drug-likeness (QED) is 0.668. The van der Waals surface area contributed by atoms with E-state index in [0.29, 0.717) is 5.92 Å². The Morgan fingerprint density at radius 2 is 1.92 bits per heavy atom. The summed E-state index contributed by atoms with van der Waals surface area (Å²) in [4.78, 5) is 2.34. The Hall–Kier alpha value is -0.0800. The zero-order valence-electron chi connectivity index (χ0n) is 8.63. The average molecular weight is 183 g/mol. The summed E-state index contributed by atoms with van der Waals surface area (Å²) in [5.41, 5.74) is -0.303. The van der Waals surface area contributed by atoms with Crippen LogP contribution in [0.1, 0.15) is 38.5 Å². The minimum Gasteiger partial charge on any atom is -0.390 e. The maximum Gasteiger partial charge on any atom is 0.0688 e. The van der Waals surface area contributed by atoms with Crippen LogP contribution in [0.4, 0.5) is 0 Å². The molecule has 76 valence electrons. The molecular weight excluding hydrogens is 162 g/mol. The van der Waals surface area contributed by atoms with Crippen molar-refractivity contribution < 1.29 is 5.11 Å². The fraction of sp³-hybridized carbons (Fsp3) is 1.00. The lowest BCUT2D eigenvalue weighted by Crippen LogP contribution is -2.41. The van der Waals surface area contributed by atoms with Crippen molar-refractivity contribution in [3.8, 4) is 0 Å². The maximum absolute atomic E-state index is 10.5. The molecule has 13 heavy (non-hydrogen) atoms. The van der Waals surface area contributed by atoms with Crippen molar-refractivity contribution in [2.75, 3.05) is 20.1 Å². The topological polar surface area (TPSA) is 23.5 Å². The van der Waals surface area contributed by atoms with Gasteiger partial charge < -0.3 is 10.0 Å². The third kappa shape index (κ3) is 1.89. The fourth-order valence-electron chi connectivity index (χ4n) is 2.95. The van der Waals surface area contributed by atoms with Crippen molar-refractivity contribution >= 4 is 0 Å². The minimum atomic E-state index is -0.303. The molecule has 0 radical (unpaired) electrons. The van der Waals surface area contributed by atoms with Gasteiger partial charge in [0.05, 0.1) is 5.60 Å². The SMILES string of the molecule is CN1CCC(C2(O)CCCCC2)C1. The smallest absolute Gasteiger partial charge is 0.0688 e. The zero-order chi connectivity index (χ0) is 9.31. The van der Waals surface area contributed by atoms with E-state index in [4.69, 9.17) is 0 Å². The summed E-state index contributed by atoms with van der Waals surface area (Å²) in [5.74, 6) is 0.554. The van der Waals surface area contributed by atoms with E-state index in [2.05, 4.69) is 11.9 Å². The lowest BCUT2D eigenvalue weighted by atomic mass is 9.75. The molecule has 0 aromatic carbocycles. The largest absolute Gasteiger partial charge is 0.390 e. The Morgan fingerprint density at radius 1 is 1.23 bits per heavy atom. The molecule has 2 aliphatic rings. The van der Waals surface area contributed by atoms with Gasteiger partial charge in [0.25, 0.3) is 0 Å². The maximum atomic E-state index is 10.5. The molecule has 2 heteroatoms. The van der Waals surface area contributed by atoms with Crippen molar-refractivity contribution in [1.29, 1.82) is 0 Å². The standard InChI is InChI=1S/C11H21NO/c1-12-8-5-10(9-12)11(13)6-3-2-4-7-11/h10,13H,2-9H2,1H3.